The van der Waals surface area contributed by atoms with Crippen molar-refractivity contribution in [3.8, 4) is 11.3 Å². The molecule has 0 atom stereocenters. The van der Waals surface area contributed by atoms with E-state index in [0.29, 0.717) is 17.2 Å². The average molecular weight is 474 g/mol. The summed E-state index contributed by atoms with van der Waals surface area (Å²) in [6.07, 6.45) is 0.318. The molecule has 2 N–H and O–H groups in total. The lowest BCUT2D eigenvalue weighted by Gasteiger charge is -2.08. The summed E-state index contributed by atoms with van der Waals surface area (Å²) in [4.78, 5) is 30.1. The predicted molar refractivity (Wildman–Crippen MR) is 137 cm³/mol. The molecule has 5 nitrogen and oxygen atoms in total. The third-order valence-electron chi connectivity index (χ3n) is 4.79. The van der Waals surface area contributed by atoms with E-state index in [1.807, 2.05) is 91.2 Å². The van der Waals surface area contributed by atoms with Crippen LogP contribution in [0.3, 0.4) is 0 Å². The topological polar surface area (TPSA) is 71.1 Å². The fraction of sp³-hybridized carbons (Fsp3) is 0.115. The summed E-state index contributed by atoms with van der Waals surface area (Å²) in [5.74, 6) is 0.0542. The van der Waals surface area contributed by atoms with Crippen molar-refractivity contribution in [2.75, 3.05) is 16.4 Å². The van der Waals surface area contributed by atoms with Crippen LogP contribution in [0.4, 0.5) is 10.8 Å². The van der Waals surface area contributed by atoms with E-state index in [4.69, 9.17) is 0 Å². The quantitative estimate of drug-likeness (QED) is 0.307. The number of aromatic nitrogens is 1. The molecule has 3 aromatic carbocycles. The number of rotatable bonds is 8. The molecule has 4 rings (SSSR count). The second-order valence-electron chi connectivity index (χ2n) is 7.48. The Labute approximate surface area is 201 Å². The first-order valence-corrected chi connectivity index (χ1v) is 12.3. The number of nitrogens with one attached hydrogen (secondary N) is 2. The first kappa shape index (κ1) is 22.8. The van der Waals surface area contributed by atoms with Crippen LogP contribution in [0.2, 0.25) is 0 Å². The molecule has 4 aromatic rings. The zero-order valence-corrected chi connectivity index (χ0v) is 19.7. The molecular formula is C26H23N3O2S2. The number of anilines is 2. The molecule has 0 radical (unpaired) electrons. The molecule has 0 unspecified atom stereocenters. The normalized spacial score (nSPS) is 10.6. The van der Waals surface area contributed by atoms with E-state index in [9.17, 15) is 9.59 Å². The van der Waals surface area contributed by atoms with Crippen LogP contribution in [0, 0.1) is 6.92 Å². The van der Waals surface area contributed by atoms with Crippen LogP contribution < -0.4 is 10.6 Å². The molecule has 1 heterocycles. The van der Waals surface area contributed by atoms with Crippen LogP contribution >= 0.6 is 23.1 Å². The van der Waals surface area contributed by atoms with E-state index in [0.717, 1.165) is 21.7 Å². The van der Waals surface area contributed by atoms with Gasteiger partial charge >= 0.3 is 0 Å². The number of carbonyl (C=O) groups is 2. The van der Waals surface area contributed by atoms with Gasteiger partial charge in [-0.1, -0.05) is 66.2 Å². The Kier molecular flexibility index (Phi) is 7.55. The van der Waals surface area contributed by atoms with Gasteiger partial charge in [0.15, 0.2) is 5.13 Å². The molecule has 0 aliphatic rings. The summed E-state index contributed by atoms with van der Waals surface area (Å²) < 4.78 is 0. The third-order valence-corrected chi connectivity index (χ3v) is 6.54. The van der Waals surface area contributed by atoms with Crippen LogP contribution in [0.1, 0.15) is 11.1 Å². The summed E-state index contributed by atoms with van der Waals surface area (Å²) in [5, 5.41) is 8.31. The minimum absolute atomic E-state index is 0.0748. The van der Waals surface area contributed by atoms with Crippen LogP contribution in [-0.4, -0.2) is 22.6 Å². The maximum absolute atomic E-state index is 12.4. The van der Waals surface area contributed by atoms with E-state index in [-0.39, 0.29) is 17.6 Å². The summed E-state index contributed by atoms with van der Waals surface area (Å²) >= 11 is 2.82. The molecule has 0 saturated carbocycles. The van der Waals surface area contributed by atoms with Gasteiger partial charge in [0.1, 0.15) is 0 Å². The molecular weight excluding hydrogens is 450 g/mol. The van der Waals surface area contributed by atoms with Gasteiger partial charge in [-0.05, 0) is 30.7 Å². The first-order valence-electron chi connectivity index (χ1n) is 10.4. The van der Waals surface area contributed by atoms with Gasteiger partial charge in [0.05, 0.1) is 17.9 Å². The second kappa shape index (κ2) is 10.9. The smallest absolute Gasteiger partial charge is 0.236 e. The Balaban J connectivity index is 1.28. The van der Waals surface area contributed by atoms with Crippen molar-refractivity contribution >= 4 is 45.7 Å². The van der Waals surface area contributed by atoms with Gasteiger partial charge < -0.3 is 10.6 Å². The molecule has 0 aliphatic heterocycles. The Morgan fingerprint density at radius 3 is 2.48 bits per heavy atom. The van der Waals surface area contributed by atoms with Gasteiger partial charge in [-0.2, -0.15) is 0 Å². The van der Waals surface area contributed by atoms with E-state index in [2.05, 4.69) is 15.6 Å². The maximum Gasteiger partial charge on any atom is 0.236 e. The van der Waals surface area contributed by atoms with Crippen molar-refractivity contribution in [1.82, 2.24) is 4.98 Å². The summed E-state index contributed by atoms with van der Waals surface area (Å²) in [6.45, 7) is 2.04. The summed E-state index contributed by atoms with van der Waals surface area (Å²) in [5.41, 5.74) is 4.74. The number of thioether (sulfide) groups is 1. The molecule has 166 valence electrons. The number of hydrogen-bond acceptors (Lipinski definition) is 5. The first-order chi connectivity index (χ1) is 16.0. The number of benzene rings is 3. The van der Waals surface area contributed by atoms with Crippen LogP contribution in [-0.2, 0) is 16.0 Å². The molecule has 2 amide bonds. The number of amides is 2. The lowest BCUT2D eigenvalue weighted by molar-refractivity contribution is -0.115. The number of hydrogen-bond donors (Lipinski definition) is 2. The van der Waals surface area contributed by atoms with Gasteiger partial charge in [0.2, 0.25) is 11.8 Å². The van der Waals surface area contributed by atoms with Crippen LogP contribution in [0.15, 0.2) is 89.1 Å². The SMILES string of the molecule is Cc1ccc(-c2csc(NC(=O)CSc3cccc(NC(=O)Cc4ccccc4)c3)n2)cc1. The Hall–Kier alpha value is -3.42. The Morgan fingerprint density at radius 2 is 1.70 bits per heavy atom. The lowest BCUT2D eigenvalue weighted by atomic mass is 10.1. The van der Waals surface area contributed by atoms with Crippen molar-refractivity contribution in [3.63, 3.8) is 0 Å². The largest absolute Gasteiger partial charge is 0.326 e. The number of carbonyl (C=O) groups excluding carboxylic acids is 2. The molecule has 1 aromatic heterocycles. The lowest BCUT2D eigenvalue weighted by Crippen LogP contribution is -2.14. The average Bonchev–Trinajstić information content (AvgIpc) is 3.27. The minimum Gasteiger partial charge on any atom is -0.326 e. The maximum atomic E-state index is 12.4. The molecule has 0 bridgehead atoms. The predicted octanol–water partition coefficient (Wildman–Crippen LogP) is 6.03. The Morgan fingerprint density at radius 1 is 0.909 bits per heavy atom. The van der Waals surface area contributed by atoms with Crippen molar-refractivity contribution in [3.05, 3.63) is 95.4 Å². The highest BCUT2D eigenvalue weighted by atomic mass is 32.2. The van der Waals surface area contributed by atoms with E-state index < -0.39 is 0 Å². The highest BCUT2D eigenvalue weighted by Crippen LogP contribution is 2.26. The summed E-state index contributed by atoms with van der Waals surface area (Å²) in [7, 11) is 0. The van der Waals surface area contributed by atoms with E-state index in [1.54, 1.807) is 0 Å². The van der Waals surface area contributed by atoms with Gasteiger partial charge in [-0.15, -0.1) is 23.1 Å². The molecule has 0 aliphatic carbocycles. The van der Waals surface area contributed by atoms with Gasteiger partial charge in [-0.3, -0.25) is 9.59 Å². The number of thiazole rings is 1. The van der Waals surface area contributed by atoms with Crippen molar-refractivity contribution in [1.29, 1.82) is 0 Å². The van der Waals surface area contributed by atoms with Crippen molar-refractivity contribution in [2.45, 2.75) is 18.2 Å². The number of aryl methyl sites for hydroxylation is 1. The number of nitrogens with zero attached hydrogens (tertiary/aromatic N) is 1. The second-order valence-corrected chi connectivity index (χ2v) is 9.39. The zero-order valence-electron chi connectivity index (χ0n) is 18.1. The van der Waals surface area contributed by atoms with Gasteiger partial charge in [0, 0.05) is 21.5 Å². The molecule has 33 heavy (non-hydrogen) atoms. The van der Waals surface area contributed by atoms with Crippen molar-refractivity contribution < 1.29 is 9.59 Å². The highest BCUT2D eigenvalue weighted by molar-refractivity contribution is 8.00. The van der Waals surface area contributed by atoms with Crippen molar-refractivity contribution in [2.24, 2.45) is 0 Å². The summed E-state index contributed by atoms with van der Waals surface area (Å²) in [6, 6.07) is 25.3. The molecule has 0 spiro atoms. The van der Waals surface area contributed by atoms with E-state index in [1.165, 1.54) is 28.7 Å². The fourth-order valence-corrected chi connectivity index (χ4v) is 4.63. The van der Waals surface area contributed by atoms with Crippen LogP contribution in [0.25, 0.3) is 11.3 Å². The molecule has 7 heteroatoms. The fourth-order valence-electron chi connectivity index (χ4n) is 3.14. The van der Waals surface area contributed by atoms with Gasteiger partial charge in [0.25, 0.3) is 0 Å². The van der Waals surface area contributed by atoms with Gasteiger partial charge in [-0.25, -0.2) is 4.98 Å². The Bertz CT molecular complexity index is 1240. The third kappa shape index (κ3) is 6.78. The molecule has 0 fully saturated rings. The van der Waals surface area contributed by atoms with Crippen LogP contribution in [0.5, 0.6) is 0 Å². The zero-order chi connectivity index (χ0) is 23.0. The monoisotopic (exact) mass is 473 g/mol. The minimum atomic E-state index is -0.122. The highest BCUT2D eigenvalue weighted by Gasteiger charge is 2.10. The standard InChI is InChI=1S/C26H23N3O2S2/c1-18-10-12-20(13-11-18)23-16-33-26(28-23)29-25(31)17-32-22-9-5-8-21(15-22)27-24(30)14-19-6-3-2-4-7-19/h2-13,15-16H,14,17H2,1H3,(H,27,30)(H,28,29,31). The van der Waals surface area contributed by atoms with E-state index >= 15 is 0 Å². The molecule has 0 saturated heterocycles.